The Morgan fingerprint density at radius 3 is 2.60 bits per heavy atom. The van der Waals surface area contributed by atoms with Crippen molar-refractivity contribution in [2.75, 3.05) is 11.9 Å². The number of aromatic hydroxyl groups is 1. The van der Waals surface area contributed by atoms with Crippen molar-refractivity contribution in [3.63, 3.8) is 0 Å². The lowest BCUT2D eigenvalue weighted by Crippen LogP contribution is -2.27. The number of hydrogen-bond donors (Lipinski definition) is 4. The molecule has 0 spiro atoms. The van der Waals surface area contributed by atoms with Gasteiger partial charge in [0.05, 0.1) is 6.10 Å². The predicted octanol–water partition coefficient (Wildman–Crippen LogP) is 1.60. The minimum atomic E-state index is -0.703. The maximum absolute atomic E-state index is 11.6. The van der Waals surface area contributed by atoms with Crippen molar-refractivity contribution in [2.45, 2.75) is 38.9 Å². The number of amides is 1. The van der Waals surface area contributed by atoms with Crippen LogP contribution in [0.2, 0.25) is 0 Å². The summed E-state index contributed by atoms with van der Waals surface area (Å²) in [4.78, 5) is 11.6. The Hall–Kier alpha value is -1.79. The van der Waals surface area contributed by atoms with E-state index in [2.05, 4.69) is 5.32 Å². The number of phenols is 1. The van der Waals surface area contributed by atoms with Gasteiger partial charge in [-0.1, -0.05) is 6.07 Å². The Kier molecular flexibility index (Phi) is 5.35. The van der Waals surface area contributed by atoms with Gasteiger partial charge < -0.3 is 20.7 Å². The van der Waals surface area contributed by atoms with Gasteiger partial charge in [0.1, 0.15) is 11.4 Å². The molecular formula is C14H22N2O4. The molecule has 0 aliphatic rings. The highest BCUT2D eigenvalue weighted by atomic mass is 16.6. The van der Waals surface area contributed by atoms with E-state index < -0.39 is 17.8 Å². The molecule has 0 aliphatic carbocycles. The number of ether oxygens (including phenoxy) is 1. The third-order valence-electron chi connectivity index (χ3n) is 2.46. The fourth-order valence-electron chi connectivity index (χ4n) is 1.57. The maximum Gasteiger partial charge on any atom is 0.412 e. The third kappa shape index (κ3) is 5.46. The largest absolute Gasteiger partial charge is 0.508 e. The highest BCUT2D eigenvalue weighted by Gasteiger charge is 2.16. The smallest absolute Gasteiger partial charge is 0.412 e. The van der Waals surface area contributed by atoms with Crippen LogP contribution in [0, 0.1) is 0 Å². The number of benzene rings is 1. The minimum absolute atomic E-state index is 0.00828. The lowest BCUT2D eigenvalue weighted by atomic mass is 10.1. The standard InChI is InChI=1S/C14H22N2O4/c1-14(2,3)20-13(19)16-10-5-4-9(12(18)7-10)6-11(17)8-15/h4-5,7,11,17-18H,6,8,15H2,1-3H3,(H,16,19). The van der Waals surface area contributed by atoms with Crippen LogP contribution in [-0.4, -0.2) is 34.6 Å². The molecule has 0 bridgehead atoms. The van der Waals surface area contributed by atoms with Gasteiger partial charge in [-0.15, -0.1) is 0 Å². The normalized spacial score (nSPS) is 12.8. The zero-order valence-electron chi connectivity index (χ0n) is 12.0. The first-order valence-corrected chi connectivity index (χ1v) is 6.41. The van der Waals surface area contributed by atoms with Crippen LogP contribution in [-0.2, 0) is 11.2 Å². The van der Waals surface area contributed by atoms with Gasteiger partial charge in [0.15, 0.2) is 0 Å². The van der Waals surface area contributed by atoms with Crippen molar-refractivity contribution < 1.29 is 19.7 Å². The molecule has 1 unspecified atom stereocenters. The molecule has 0 saturated heterocycles. The molecule has 0 saturated carbocycles. The molecule has 0 radical (unpaired) electrons. The molecule has 0 heterocycles. The molecular weight excluding hydrogens is 260 g/mol. The second-order valence-corrected chi connectivity index (χ2v) is 5.56. The van der Waals surface area contributed by atoms with Gasteiger partial charge in [0, 0.05) is 24.7 Å². The van der Waals surface area contributed by atoms with Crippen LogP contribution in [0.25, 0.3) is 0 Å². The number of aliphatic hydroxyl groups excluding tert-OH is 1. The first-order valence-electron chi connectivity index (χ1n) is 6.41. The van der Waals surface area contributed by atoms with Crippen molar-refractivity contribution in [3.05, 3.63) is 23.8 Å². The molecule has 1 atom stereocenters. The number of phenolic OH excluding ortho intramolecular Hbond substituents is 1. The fourth-order valence-corrected chi connectivity index (χ4v) is 1.57. The van der Waals surface area contributed by atoms with Gasteiger partial charge in [-0.05, 0) is 32.4 Å². The van der Waals surface area contributed by atoms with E-state index in [0.29, 0.717) is 11.3 Å². The molecule has 20 heavy (non-hydrogen) atoms. The first-order chi connectivity index (χ1) is 9.21. The Balaban J connectivity index is 2.70. The summed E-state index contributed by atoms with van der Waals surface area (Å²) in [5.74, 6) is -0.00828. The second-order valence-electron chi connectivity index (χ2n) is 5.56. The highest BCUT2D eigenvalue weighted by molar-refractivity contribution is 5.85. The first kappa shape index (κ1) is 16.3. The van der Waals surface area contributed by atoms with Crippen LogP contribution in [0.5, 0.6) is 5.75 Å². The van der Waals surface area contributed by atoms with Crippen molar-refractivity contribution in [2.24, 2.45) is 5.73 Å². The quantitative estimate of drug-likeness (QED) is 0.671. The van der Waals surface area contributed by atoms with Crippen molar-refractivity contribution in [1.29, 1.82) is 0 Å². The summed E-state index contributed by atoms with van der Waals surface area (Å²) in [7, 11) is 0. The number of anilines is 1. The average Bonchev–Trinajstić information content (AvgIpc) is 2.29. The third-order valence-corrected chi connectivity index (χ3v) is 2.46. The van der Waals surface area contributed by atoms with Crippen LogP contribution < -0.4 is 11.1 Å². The van der Waals surface area contributed by atoms with Gasteiger partial charge in [0.2, 0.25) is 0 Å². The van der Waals surface area contributed by atoms with Gasteiger partial charge in [0.25, 0.3) is 0 Å². The van der Waals surface area contributed by atoms with Crippen LogP contribution in [0.4, 0.5) is 10.5 Å². The van der Waals surface area contributed by atoms with Crippen molar-refractivity contribution in [1.82, 2.24) is 0 Å². The van der Waals surface area contributed by atoms with E-state index in [1.165, 1.54) is 6.07 Å². The molecule has 0 aliphatic heterocycles. The van der Waals surface area contributed by atoms with Gasteiger partial charge in [-0.3, -0.25) is 5.32 Å². The highest BCUT2D eigenvalue weighted by Crippen LogP contribution is 2.23. The fraction of sp³-hybridized carbons (Fsp3) is 0.500. The molecule has 1 amide bonds. The molecule has 0 fully saturated rings. The van der Waals surface area contributed by atoms with Crippen LogP contribution >= 0.6 is 0 Å². The Bertz CT molecular complexity index is 469. The van der Waals surface area contributed by atoms with E-state index in [-0.39, 0.29) is 18.7 Å². The van der Waals surface area contributed by atoms with E-state index in [4.69, 9.17) is 10.5 Å². The lowest BCUT2D eigenvalue weighted by Gasteiger charge is -2.20. The van der Waals surface area contributed by atoms with Gasteiger partial charge >= 0.3 is 6.09 Å². The number of carbonyl (C=O) groups is 1. The Labute approximate surface area is 118 Å². The molecule has 1 aromatic rings. The van der Waals surface area contributed by atoms with E-state index in [1.807, 2.05) is 0 Å². The van der Waals surface area contributed by atoms with Crippen LogP contribution in [0.3, 0.4) is 0 Å². The van der Waals surface area contributed by atoms with Crippen molar-refractivity contribution in [3.8, 4) is 5.75 Å². The Morgan fingerprint density at radius 1 is 1.45 bits per heavy atom. The molecule has 6 heteroatoms. The number of carbonyl (C=O) groups excluding carboxylic acids is 1. The number of nitrogens with one attached hydrogen (secondary N) is 1. The molecule has 6 nitrogen and oxygen atoms in total. The summed E-state index contributed by atoms with van der Waals surface area (Å²) in [6.07, 6.45) is -1.04. The molecule has 112 valence electrons. The number of rotatable bonds is 4. The number of hydrogen-bond acceptors (Lipinski definition) is 5. The lowest BCUT2D eigenvalue weighted by molar-refractivity contribution is 0.0636. The monoisotopic (exact) mass is 282 g/mol. The topological polar surface area (TPSA) is 105 Å². The number of aliphatic hydroxyl groups is 1. The summed E-state index contributed by atoms with van der Waals surface area (Å²) in [6, 6.07) is 4.66. The average molecular weight is 282 g/mol. The predicted molar refractivity (Wildman–Crippen MR) is 76.7 cm³/mol. The SMILES string of the molecule is CC(C)(C)OC(=O)Nc1ccc(CC(O)CN)c(O)c1. The van der Waals surface area contributed by atoms with Crippen LogP contribution in [0.1, 0.15) is 26.3 Å². The summed E-state index contributed by atoms with van der Waals surface area (Å²) in [6.45, 7) is 5.42. The summed E-state index contributed by atoms with van der Waals surface area (Å²) in [5, 5.41) is 21.8. The zero-order valence-corrected chi connectivity index (χ0v) is 12.0. The summed E-state index contributed by atoms with van der Waals surface area (Å²) in [5.41, 5.74) is 5.72. The molecule has 5 N–H and O–H groups in total. The van der Waals surface area contributed by atoms with E-state index in [1.54, 1.807) is 32.9 Å². The van der Waals surface area contributed by atoms with E-state index >= 15 is 0 Å². The van der Waals surface area contributed by atoms with Crippen LogP contribution in [0.15, 0.2) is 18.2 Å². The maximum atomic E-state index is 11.6. The molecule has 1 rings (SSSR count). The Morgan fingerprint density at radius 2 is 2.10 bits per heavy atom. The van der Waals surface area contributed by atoms with E-state index in [9.17, 15) is 15.0 Å². The van der Waals surface area contributed by atoms with Crippen molar-refractivity contribution >= 4 is 11.8 Å². The number of nitrogens with two attached hydrogens (primary N) is 1. The zero-order chi connectivity index (χ0) is 15.3. The minimum Gasteiger partial charge on any atom is -0.508 e. The van der Waals surface area contributed by atoms with Gasteiger partial charge in [-0.25, -0.2) is 4.79 Å². The second kappa shape index (κ2) is 6.58. The van der Waals surface area contributed by atoms with E-state index in [0.717, 1.165) is 0 Å². The summed E-state index contributed by atoms with van der Waals surface area (Å²) >= 11 is 0. The molecule has 1 aromatic carbocycles. The summed E-state index contributed by atoms with van der Waals surface area (Å²) < 4.78 is 5.11. The van der Waals surface area contributed by atoms with Gasteiger partial charge in [-0.2, -0.15) is 0 Å². The molecule has 0 aromatic heterocycles.